The number of hydrogen-bond donors (Lipinski definition) is 1. The van der Waals surface area contributed by atoms with Crippen molar-refractivity contribution in [3.8, 4) is 5.75 Å². The van der Waals surface area contributed by atoms with Crippen LogP contribution in [0.2, 0.25) is 0 Å². The highest BCUT2D eigenvalue weighted by atomic mass is 79.9. The van der Waals surface area contributed by atoms with E-state index in [4.69, 9.17) is 20.5 Å². The molecule has 3 aromatic rings. The Morgan fingerprint density at radius 1 is 1.00 bits per heavy atom. The molecule has 0 radical (unpaired) electrons. The van der Waals surface area contributed by atoms with Crippen LogP contribution in [0, 0.1) is 5.92 Å². The highest BCUT2D eigenvalue weighted by Crippen LogP contribution is 2.50. The van der Waals surface area contributed by atoms with Gasteiger partial charge in [-0.1, -0.05) is 78.3 Å². The molecule has 0 bridgehead atoms. The number of rotatable bonds is 8. The van der Waals surface area contributed by atoms with Gasteiger partial charge in [-0.3, -0.25) is 4.79 Å². The third-order valence-corrected chi connectivity index (χ3v) is 6.86. The summed E-state index contributed by atoms with van der Waals surface area (Å²) in [6, 6.07) is 19.5. The van der Waals surface area contributed by atoms with Gasteiger partial charge in [-0.15, -0.1) is 0 Å². The smallest absolute Gasteiger partial charge is 0.409 e. The summed E-state index contributed by atoms with van der Waals surface area (Å²) in [6.45, 7) is 1.53. The average molecular weight is 525 g/mol. The van der Waals surface area contributed by atoms with Crippen LogP contribution in [-0.4, -0.2) is 12.0 Å². The molecule has 0 aliphatic heterocycles. The van der Waals surface area contributed by atoms with Gasteiger partial charge >= 0.3 is 12.8 Å². The second kappa shape index (κ2) is 10.2. The average Bonchev–Trinajstić information content (AvgIpc) is 2.72. The minimum atomic E-state index is -3.89. The number of esters is 1. The lowest BCUT2D eigenvalue weighted by molar-refractivity contribution is -0.151. The molecular weight excluding hydrogens is 501 g/mol. The maximum atomic E-state index is 13.1. The van der Waals surface area contributed by atoms with Crippen molar-refractivity contribution in [2.75, 3.05) is 0 Å². The second-order valence-corrected chi connectivity index (χ2v) is 11.2. The minimum absolute atomic E-state index is 0.229. The summed E-state index contributed by atoms with van der Waals surface area (Å²) in [5, 5.41) is 4.40. The Hall–Kier alpha value is -1.85. The molecule has 0 aliphatic carbocycles. The second-order valence-electron chi connectivity index (χ2n) is 7.53. The number of benzene rings is 3. The molecule has 0 aromatic heterocycles. The Morgan fingerprint density at radius 3 is 2.32 bits per heavy atom. The first kappa shape index (κ1) is 23.8. The van der Waals surface area contributed by atoms with E-state index in [1.807, 2.05) is 68.4 Å². The molecule has 5 nitrogen and oxygen atoms in total. The topological polar surface area (TPSA) is 64.6 Å². The molecule has 0 aliphatic rings. The van der Waals surface area contributed by atoms with Crippen LogP contribution >= 0.6 is 34.0 Å². The summed E-state index contributed by atoms with van der Waals surface area (Å²) in [5.74, 6) is -0.399. The van der Waals surface area contributed by atoms with Gasteiger partial charge in [0, 0.05) is 21.1 Å². The van der Waals surface area contributed by atoms with Crippen LogP contribution in [-0.2, 0) is 14.1 Å². The van der Waals surface area contributed by atoms with Gasteiger partial charge in [0.15, 0.2) is 0 Å². The minimum Gasteiger partial charge on any atom is -0.457 e. The molecule has 1 N–H and O–H groups in total. The lowest BCUT2D eigenvalue weighted by Gasteiger charge is -2.25. The van der Waals surface area contributed by atoms with Crippen molar-refractivity contribution in [3.05, 3.63) is 76.8 Å². The van der Waals surface area contributed by atoms with Gasteiger partial charge in [0.25, 0.3) is 0 Å². The maximum absolute atomic E-state index is 13.1. The molecule has 164 valence electrons. The van der Waals surface area contributed by atoms with E-state index in [9.17, 15) is 9.36 Å². The molecule has 3 aromatic carbocycles. The highest BCUT2D eigenvalue weighted by molar-refractivity contribution is 9.10. The Balaban J connectivity index is 1.74. The van der Waals surface area contributed by atoms with E-state index in [1.165, 1.54) is 0 Å². The van der Waals surface area contributed by atoms with Crippen LogP contribution in [0.3, 0.4) is 0 Å². The number of carbonyl (C=O) groups excluding carboxylic acids is 1. The zero-order chi connectivity index (χ0) is 22.6. The molecule has 0 spiro atoms. The summed E-state index contributed by atoms with van der Waals surface area (Å²) in [5.41, 5.74) is 0.847. The molecule has 0 amide bonds. The zero-order valence-electron chi connectivity index (χ0n) is 17.4. The van der Waals surface area contributed by atoms with Crippen LogP contribution in [0.15, 0.2) is 71.2 Å². The summed E-state index contributed by atoms with van der Waals surface area (Å²) < 4.78 is 25.3. The fraction of sp³-hybridized carbons (Fsp3) is 0.261. The highest BCUT2D eigenvalue weighted by Gasteiger charge is 2.34. The van der Waals surface area contributed by atoms with E-state index >= 15 is 0 Å². The fourth-order valence-corrected chi connectivity index (χ4v) is 5.12. The van der Waals surface area contributed by atoms with E-state index in [0.717, 1.165) is 20.8 Å². The van der Waals surface area contributed by atoms with Crippen molar-refractivity contribution in [1.82, 2.24) is 5.09 Å². The van der Waals surface area contributed by atoms with Crippen LogP contribution in [0.4, 0.5) is 0 Å². The van der Waals surface area contributed by atoms with Crippen molar-refractivity contribution >= 4 is 50.8 Å². The van der Waals surface area contributed by atoms with Gasteiger partial charge in [-0.25, -0.2) is 9.65 Å². The van der Waals surface area contributed by atoms with Gasteiger partial charge in [0.05, 0.1) is 0 Å². The van der Waals surface area contributed by atoms with Gasteiger partial charge in [-0.2, -0.15) is 0 Å². The first-order chi connectivity index (χ1) is 14.7. The molecule has 31 heavy (non-hydrogen) atoms. The number of fused-ring (bicyclic) bond motifs is 1. The maximum Gasteiger partial charge on any atom is 0.409 e. The zero-order valence-corrected chi connectivity index (χ0v) is 20.7. The molecule has 0 saturated heterocycles. The van der Waals surface area contributed by atoms with Gasteiger partial charge in [0.1, 0.15) is 17.9 Å². The Bertz CT molecular complexity index is 1100. The van der Waals surface area contributed by atoms with Crippen LogP contribution in [0.5, 0.6) is 5.75 Å². The summed E-state index contributed by atoms with van der Waals surface area (Å²) in [4.78, 5) is 12.8. The number of halogens is 2. The Kier molecular flexibility index (Phi) is 7.82. The van der Waals surface area contributed by atoms with Gasteiger partial charge in [-0.05, 0) is 42.0 Å². The van der Waals surface area contributed by atoms with Crippen molar-refractivity contribution in [2.24, 2.45) is 5.92 Å². The molecular formula is C23H24BrClNO4P. The lowest BCUT2D eigenvalue weighted by atomic mass is 10.1. The van der Waals surface area contributed by atoms with Gasteiger partial charge in [0.2, 0.25) is 0 Å². The molecule has 1 unspecified atom stereocenters. The Labute approximate surface area is 195 Å². The van der Waals surface area contributed by atoms with E-state index in [0.29, 0.717) is 5.75 Å². The number of carbonyl (C=O) groups is 1. The van der Waals surface area contributed by atoms with Crippen LogP contribution < -0.4 is 9.61 Å². The van der Waals surface area contributed by atoms with E-state index in [1.54, 1.807) is 19.1 Å². The van der Waals surface area contributed by atoms with Crippen molar-refractivity contribution < 1.29 is 18.6 Å². The van der Waals surface area contributed by atoms with Crippen molar-refractivity contribution in [3.63, 3.8) is 0 Å². The summed E-state index contributed by atoms with van der Waals surface area (Å²) in [7, 11) is 0. The van der Waals surface area contributed by atoms with Crippen molar-refractivity contribution in [2.45, 2.75) is 32.9 Å². The van der Waals surface area contributed by atoms with E-state index in [2.05, 4.69) is 21.0 Å². The molecule has 3 rings (SSSR count). The molecule has 0 saturated carbocycles. The number of nitrogens with one attached hydrogen (secondary N) is 1. The third kappa shape index (κ3) is 6.33. The first-order valence-corrected chi connectivity index (χ1v) is 13.2. The number of ether oxygens (including phenoxy) is 1. The monoisotopic (exact) mass is 523 g/mol. The van der Waals surface area contributed by atoms with Crippen LogP contribution in [0.25, 0.3) is 10.8 Å². The predicted octanol–water partition coefficient (Wildman–Crippen LogP) is 7.25. The summed E-state index contributed by atoms with van der Waals surface area (Å²) >= 11 is 9.62. The molecule has 0 heterocycles. The normalized spacial score (nSPS) is 15.3. The van der Waals surface area contributed by atoms with Crippen molar-refractivity contribution in [1.29, 1.82) is 0 Å². The molecule has 3 atom stereocenters. The van der Waals surface area contributed by atoms with Crippen LogP contribution in [0.1, 0.15) is 32.4 Å². The van der Waals surface area contributed by atoms with Gasteiger partial charge < -0.3 is 9.26 Å². The SMILES string of the molecule is CC(C)[C@H](NP(=O)(Cl)Oc1cccc2ccccc12)C(=O)O[C@@H](C)c1ccc(Br)cc1. The standard InChI is InChI=1S/C23H24BrClNO4P/c1-15(2)22(23(27)29-16(3)17-11-13-19(24)14-12-17)26-31(25,28)30-21-10-6-8-18-7-4-5-9-20(18)21/h4-16,22H,1-3H3,(H,26,28)/t16-,22-,31?/m0/s1. The Morgan fingerprint density at radius 2 is 1.65 bits per heavy atom. The summed E-state index contributed by atoms with van der Waals surface area (Å²) in [6.07, 6.45) is -0.475. The third-order valence-electron chi connectivity index (χ3n) is 4.81. The molecule has 0 fully saturated rings. The van der Waals surface area contributed by atoms with E-state index in [-0.39, 0.29) is 5.92 Å². The predicted molar refractivity (Wildman–Crippen MR) is 128 cm³/mol. The van der Waals surface area contributed by atoms with E-state index < -0.39 is 25.0 Å². The molecule has 8 heteroatoms. The fourth-order valence-electron chi connectivity index (χ4n) is 3.12. The largest absolute Gasteiger partial charge is 0.457 e. The lowest BCUT2D eigenvalue weighted by Crippen LogP contribution is -2.40. The quantitative estimate of drug-likeness (QED) is 0.248. The first-order valence-electron chi connectivity index (χ1n) is 9.87. The number of hydrogen-bond acceptors (Lipinski definition) is 4.